The third-order valence-corrected chi connectivity index (χ3v) is 4.14. The highest BCUT2D eigenvalue weighted by Gasteiger charge is 2.20. The van der Waals surface area contributed by atoms with Gasteiger partial charge in [0.25, 0.3) is 0 Å². The van der Waals surface area contributed by atoms with Crippen molar-refractivity contribution >= 4 is 5.91 Å². The van der Waals surface area contributed by atoms with Gasteiger partial charge in [-0.2, -0.15) is 0 Å². The molecule has 4 nitrogen and oxygen atoms in total. The Hall–Kier alpha value is -2.33. The summed E-state index contributed by atoms with van der Waals surface area (Å²) in [5.41, 5.74) is 6.77. The van der Waals surface area contributed by atoms with Crippen LogP contribution in [0, 0.1) is 5.92 Å². The number of benzene rings is 2. The number of nitrogens with two attached hydrogens (primary N) is 1. The highest BCUT2D eigenvalue weighted by Crippen LogP contribution is 2.14. The molecular weight excluding hydrogens is 312 g/mol. The van der Waals surface area contributed by atoms with E-state index < -0.39 is 0 Å². The SMILES string of the molecule is CC(CCOc1ccccc1)C(=O)N(CCCN)Cc1ccccc1. The first kappa shape index (κ1) is 19.0. The lowest BCUT2D eigenvalue weighted by Crippen LogP contribution is -2.36. The van der Waals surface area contributed by atoms with Crippen LogP contribution in [0.15, 0.2) is 60.7 Å². The smallest absolute Gasteiger partial charge is 0.225 e. The van der Waals surface area contributed by atoms with Crippen LogP contribution in [-0.2, 0) is 11.3 Å². The van der Waals surface area contributed by atoms with E-state index in [0.29, 0.717) is 32.7 Å². The average molecular weight is 340 g/mol. The second-order valence-corrected chi connectivity index (χ2v) is 6.24. The maximum atomic E-state index is 12.8. The van der Waals surface area contributed by atoms with Crippen LogP contribution >= 0.6 is 0 Å². The monoisotopic (exact) mass is 340 g/mol. The number of hydrogen-bond acceptors (Lipinski definition) is 3. The molecule has 2 rings (SSSR count). The summed E-state index contributed by atoms with van der Waals surface area (Å²) in [6.07, 6.45) is 1.51. The number of carbonyl (C=O) groups excluding carboxylic acids is 1. The van der Waals surface area contributed by atoms with E-state index in [1.54, 1.807) is 0 Å². The Balaban J connectivity index is 1.87. The minimum absolute atomic E-state index is 0.0785. The number of hydrogen-bond donors (Lipinski definition) is 1. The quantitative estimate of drug-likeness (QED) is 0.720. The predicted molar refractivity (Wildman–Crippen MR) is 101 cm³/mol. The second kappa shape index (κ2) is 10.5. The number of rotatable bonds is 10. The van der Waals surface area contributed by atoms with E-state index in [4.69, 9.17) is 10.5 Å². The van der Waals surface area contributed by atoms with Crippen molar-refractivity contribution in [1.29, 1.82) is 0 Å². The van der Waals surface area contributed by atoms with Gasteiger partial charge in [-0.15, -0.1) is 0 Å². The Morgan fingerprint density at radius 3 is 2.36 bits per heavy atom. The van der Waals surface area contributed by atoms with Gasteiger partial charge in [0, 0.05) is 19.0 Å². The number of nitrogens with zero attached hydrogens (tertiary/aromatic N) is 1. The number of amides is 1. The summed E-state index contributed by atoms with van der Waals surface area (Å²) in [5, 5.41) is 0. The molecule has 25 heavy (non-hydrogen) atoms. The van der Waals surface area contributed by atoms with E-state index in [1.165, 1.54) is 0 Å². The van der Waals surface area contributed by atoms with E-state index >= 15 is 0 Å². The molecule has 0 aromatic heterocycles. The molecule has 0 saturated carbocycles. The third kappa shape index (κ3) is 6.59. The zero-order valence-electron chi connectivity index (χ0n) is 14.9. The van der Waals surface area contributed by atoms with Crippen molar-refractivity contribution < 1.29 is 9.53 Å². The van der Waals surface area contributed by atoms with Gasteiger partial charge in [0.2, 0.25) is 5.91 Å². The molecule has 134 valence electrons. The number of carbonyl (C=O) groups is 1. The number of para-hydroxylation sites is 1. The summed E-state index contributed by atoms with van der Waals surface area (Å²) in [6, 6.07) is 19.8. The molecule has 1 atom stereocenters. The summed E-state index contributed by atoms with van der Waals surface area (Å²) >= 11 is 0. The summed E-state index contributed by atoms with van der Waals surface area (Å²) in [6.45, 7) is 4.41. The minimum Gasteiger partial charge on any atom is -0.494 e. The molecule has 0 aliphatic heterocycles. The van der Waals surface area contributed by atoms with Gasteiger partial charge < -0.3 is 15.4 Å². The van der Waals surface area contributed by atoms with Crippen LogP contribution < -0.4 is 10.5 Å². The second-order valence-electron chi connectivity index (χ2n) is 6.24. The molecule has 1 amide bonds. The van der Waals surface area contributed by atoms with Gasteiger partial charge in [-0.05, 0) is 37.1 Å². The van der Waals surface area contributed by atoms with Gasteiger partial charge in [0.15, 0.2) is 0 Å². The van der Waals surface area contributed by atoms with E-state index in [1.807, 2.05) is 72.5 Å². The van der Waals surface area contributed by atoms with E-state index in [-0.39, 0.29) is 11.8 Å². The molecule has 0 fully saturated rings. The van der Waals surface area contributed by atoms with Crippen LogP contribution in [-0.4, -0.2) is 30.5 Å². The van der Waals surface area contributed by atoms with Crippen LogP contribution in [0.4, 0.5) is 0 Å². The zero-order chi connectivity index (χ0) is 17.9. The van der Waals surface area contributed by atoms with Crippen LogP contribution in [0.2, 0.25) is 0 Å². The first-order valence-corrected chi connectivity index (χ1v) is 8.91. The molecule has 0 spiro atoms. The molecule has 2 aromatic carbocycles. The van der Waals surface area contributed by atoms with Crippen LogP contribution in [0.3, 0.4) is 0 Å². The summed E-state index contributed by atoms with van der Waals surface area (Å²) in [5.74, 6) is 0.922. The molecular formula is C21H28N2O2. The Morgan fingerprint density at radius 2 is 1.72 bits per heavy atom. The predicted octanol–water partition coefficient (Wildman–Crippen LogP) is 3.47. The molecule has 0 aliphatic rings. The minimum atomic E-state index is -0.0785. The zero-order valence-corrected chi connectivity index (χ0v) is 14.9. The lowest BCUT2D eigenvalue weighted by atomic mass is 10.1. The Morgan fingerprint density at radius 1 is 1.08 bits per heavy atom. The largest absolute Gasteiger partial charge is 0.494 e. The van der Waals surface area contributed by atoms with Crippen molar-refractivity contribution in [3.8, 4) is 5.75 Å². The first-order chi connectivity index (χ1) is 12.2. The van der Waals surface area contributed by atoms with Crippen LogP contribution in [0.25, 0.3) is 0 Å². The van der Waals surface area contributed by atoms with Gasteiger partial charge in [-0.25, -0.2) is 0 Å². The molecule has 0 aliphatic carbocycles. The maximum Gasteiger partial charge on any atom is 0.225 e. The molecule has 0 radical (unpaired) electrons. The lowest BCUT2D eigenvalue weighted by Gasteiger charge is -2.26. The molecule has 2 aromatic rings. The third-order valence-electron chi connectivity index (χ3n) is 4.14. The van der Waals surface area contributed by atoms with Crippen LogP contribution in [0.5, 0.6) is 5.75 Å². The maximum absolute atomic E-state index is 12.8. The molecule has 0 bridgehead atoms. The molecule has 2 N–H and O–H groups in total. The van der Waals surface area contributed by atoms with Gasteiger partial charge in [0.1, 0.15) is 5.75 Å². The van der Waals surface area contributed by atoms with Gasteiger partial charge >= 0.3 is 0 Å². The lowest BCUT2D eigenvalue weighted by molar-refractivity contribution is -0.136. The normalized spacial score (nSPS) is 11.8. The van der Waals surface area contributed by atoms with Gasteiger partial charge in [-0.1, -0.05) is 55.5 Å². The van der Waals surface area contributed by atoms with Crippen molar-refractivity contribution in [2.24, 2.45) is 11.7 Å². The van der Waals surface area contributed by atoms with Crippen molar-refractivity contribution in [2.45, 2.75) is 26.3 Å². The van der Waals surface area contributed by atoms with E-state index in [9.17, 15) is 4.79 Å². The summed E-state index contributed by atoms with van der Waals surface area (Å²) in [4.78, 5) is 14.7. The first-order valence-electron chi connectivity index (χ1n) is 8.91. The highest BCUT2D eigenvalue weighted by atomic mass is 16.5. The topological polar surface area (TPSA) is 55.6 Å². The molecule has 0 heterocycles. The molecule has 1 unspecified atom stereocenters. The summed E-state index contributed by atoms with van der Waals surface area (Å²) in [7, 11) is 0. The number of ether oxygens (including phenoxy) is 1. The van der Waals surface area contributed by atoms with Crippen molar-refractivity contribution in [2.75, 3.05) is 19.7 Å². The molecule has 0 saturated heterocycles. The standard InChI is InChI=1S/C21H28N2O2/c1-18(13-16-25-20-11-6-3-7-12-20)21(24)23(15-8-14-22)17-19-9-4-2-5-10-19/h2-7,9-12,18H,8,13-17,22H2,1H3. The van der Waals surface area contributed by atoms with Crippen molar-refractivity contribution in [1.82, 2.24) is 4.90 Å². The fourth-order valence-electron chi connectivity index (χ4n) is 2.66. The van der Waals surface area contributed by atoms with E-state index in [2.05, 4.69) is 0 Å². The summed E-state index contributed by atoms with van der Waals surface area (Å²) < 4.78 is 5.72. The fraction of sp³-hybridized carbons (Fsp3) is 0.381. The van der Waals surface area contributed by atoms with Gasteiger partial charge in [0.05, 0.1) is 6.61 Å². The Bertz CT molecular complexity index is 616. The Kier molecular flexibility index (Phi) is 7.99. The molecule has 4 heteroatoms. The van der Waals surface area contributed by atoms with Crippen molar-refractivity contribution in [3.63, 3.8) is 0 Å². The average Bonchev–Trinajstić information content (AvgIpc) is 2.66. The van der Waals surface area contributed by atoms with Crippen molar-refractivity contribution in [3.05, 3.63) is 66.2 Å². The highest BCUT2D eigenvalue weighted by molar-refractivity contribution is 5.78. The van der Waals surface area contributed by atoms with E-state index in [0.717, 1.165) is 17.7 Å². The van der Waals surface area contributed by atoms with Gasteiger partial charge in [-0.3, -0.25) is 4.79 Å². The fourth-order valence-corrected chi connectivity index (χ4v) is 2.66. The Labute approximate surface area is 150 Å². The van der Waals surface area contributed by atoms with Crippen LogP contribution in [0.1, 0.15) is 25.3 Å².